The van der Waals surface area contributed by atoms with E-state index in [0.29, 0.717) is 6.04 Å². The second kappa shape index (κ2) is 5.71. The second-order valence-electron chi connectivity index (χ2n) is 6.16. The van der Waals surface area contributed by atoms with Gasteiger partial charge in [-0.2, -0.15) is 21.3 Å². The lowest BCUT2D eigenvalue weighted by Crippen LogP contribution is -2.37. The van der Waals surface area contributed by atoms with Gasteiger partial charge in [0.2, 0.25) is 5.95 Å². The van der Waals surface area contributed by atoms with Gasteiger partial charge < -0.3 is 15.0 Å². The molecule has 1 aliphatic carbocycles. The Balaban J connectivity index is 1.64. The summed E-state index contributed by atoms with van der Waals surface area (Å²) in [7, 11) is 0. The first kappa shape index (κ1) is 14.2. The molecule has 0 aromatic carbocycles. The summed E-state index contributed by atoms with van der Waals surface area (Å²) in [5.41, 5.74) is 2.78. The lowest BCUT2D eigenvalue weighted by Gasteiger charge is -2.27. The second-order valence-corrected chi connectivity index (χ2v) is 6.94. The zero-order chi connectivity index (χ0) is 15.9. The van der Waals surface area contributed by atoms with Crippen LogP contribution < -0.4 is 10.2 Å². The summed E-state index contributed by atoms with van der Waals surface area (Å²) in [6.07, 6.45) is 4.23. The van der Waals surface area contributed by atoms with Crippen molar-refractivity contribution in [2.45, 2.75) is 18.9 Å². The molecule has 0 spiro atoms. The van der Waals surface area contributed by atoms with E-state index in [1.165, 1.54) is 12.8 Å². The van der Waals surface area contributed by atoms with Gasteiger partial charge in [-0.1, -0.05) is 0 Å². The van der Waals surface area contributed by atoms with E-state index in [1.807, 2.05) is 10.9 Å². The normalized spacial score (nSPS) is 18.2. The summed E-state index contributed by atoms with van der Waals surface area (Å²) in [6, 6.07) is 2.60. The van der Waals surface area contributed by atoms with Crippen LogP contribution in [0.3, 0.4) is 0 Å². The highest BCUT2D eigenvalue weighted by Gasteiger charge is 2.25. The summed E-state index contributed by atoms with van der Waals surface area (Å²) in [5.74, 6) is 1.60. The monoisotopic (exact) mass is 342 g/mol. The fraction of sp³-hybridized carbons (Fsp3) is 0.438. The molecule has 3 aromatic rings. The Morgan fingerprint density at radius 3 is 2.83 bits per heavy atom. The van der Waals surface area contributed by atoms with Crippen molar-refractivity contribution in [1.29, 1.82) is 0 Å². The minimum Gasteiger partial charge on any atom is -0.378 e. The number of hydrogen-bond donors (Lipinski definition) is 1. The molecule has 4 heterocycles. The molecule has 1 saturated heterocycles. The Morgan fingerprint density at radius 1 is 1.21 bits per heavy atom. The Morgan fingerprint density at radius 2 is 2.08 bits per heavy atom. The third-order valence-electron chi connectivity index (χ3n) is 4.38. The van der Waals surface area contributed by atoms with Crippen LogP contribution in [0.15, 0.2) is 23.2 Å². The number of morpholine rings is 1. The molecule has 1 saturated carbocycles. The zero-order valence-corrected chi connectivity index (χ0v) is 14.0. The van der Waals surface area contributed by atoms with Crippen LogP contribution in [0.1, 0.15) is 12.8 Å². The van der Waals surface area contributed by atoms with E-state index in [0.717, 1.165) is 54.9 Å². The largest absolute Gasteiger partial charge is 0.378 e. The Bertz CT molecular complexity index is 851. The highest BCUT2D eigenvalue weighted by molar-refractivity contribution is 7.08. The average Bonchev–Trinajstić information content (AvgIpc) is 3.11. The maximum Gasteiger partial charge on any atom is 0.229 e. The zero-order valence-electron chi connectivity index (χ0n) is 13.2. The van der Waals surface area contributed by atoms with E-state index in [2.05, 4.69) is 32.0 Å². The number of fused-ring (bicyclic) bond motifs is 1. The Kier molecular flexibility index (Phi) is 3.37. The molecule has 0 bridgehead atoms. The summed E-state index contributed by atoms with van der Waals surface area (Å²) >= 11 is 1.67. The number of anilines is 2. The molecule has 1 N–H and O–H groups in total. The SMILES string of the molecule is c1cc(-n2cnc3c(NC4CC4)nc(N4CCOCC4)nc32)cs1. The molecule has 8 heteroatoms. The number of nitrogens with one attached hydrogen (secondary N) is 1. The lowest BCUT2D eigenvalue weighted by atomic mass is 10.4. The maximum atomic E-state index is 5.45. The van der Waals surface area contributed by atoms with Gasteiger partial charge in [-0.3, -0.25) is 4.57 Å². The van der Waals surface area contributed by atoms with Crippen LogP contribution in [0.25, 0.3) is 16.9 Å². The number of ether oxygens (including phenoxy) is 1. The van der Waals surface area contributed by atoms with Gasteiger partial charge in [0.05, 0.1) is 18.9 Å². The van der Waals surface area contributed by atoms with Crippen molar-refractivity contribution in [3.63, 3.8) is 0 Å². The number of rotatable bonds is 4. The molecule has 2 aliphatic rings. The van der Waals surface area contributed by atoms with E-state index in [1.54, 1.807) is 11.3 Å². The summed E-state index contributed by atoms with van der Waals surface area (Å²) in [5, 5.41) is 7.68. The van der Waals surface area contributed by atoms with Crippen LogP contribution in [-0.4, -0.2) is 51.9 Å². The Labute approximate surface area is 143 Å². The molecule has 3 aromatic heterocycles. The van der Waals surface area contributed by atoms with E-state index >= 15 is 0 Å². The van der Waals surface area contributed by atoms with E-state index in [4.69, 9.17) is 14.7 Å². The number of hydrogen-bond acceptors (Lipinski definition) is 7. The number of aromatic nitrogens is 4. The third kappa shape index (κ3) is 2.51. The van der Waals surface area contributed by atoms with Crippen LogP contribution in [0.5, 0.6) is 0 Å². The van der Waals surface area contributed by atoms with Crippen LogP contribution >= 0.6 is 11.3 Å². The van der Waals surface area contributed by atoms with Crippen molar-refractivity contribution in [1.82, 2.24) is 19.5 Å². The van der Waals surface area contributed by atoms with Gasteiger partial charge in [0, 0.05) is 24.5 Å². The van der Waals surface area contributed by atoms with Crippen molar-refractivity contribution >= 4 is 34.3 Å². The summed E-state index contributed by atoms with van der Waals surface area (Å²) < 4.78 is 7.49. The van der Waals surface area contributed by atoms with Crippen molar-refractivity contribution in [2.24, 2.45) is 0 Å². The first-order chi connectivity index (χ1) is 11.9. The lowest BCUT2D eigenvalue weighted by molar-refractivity contribution is 0.122. The molecule has 5 rings (SSSR count). The smallest absolute Gasteiger partial charge is 0.229 e. The van der Waals surface area contributed by atoms with Crippen LogP contribution in [0.2, 0.25) is 0 Å². The fourth-order valence-electron chi connectivity index (χ4n) is 2.90. The third-order valence-corrected chi connectivity index (χ3v) is 5.05. The van der Waals surface area contributed by atoms with E-state index in [9.17, 15) is 0 Å². The highest BCUT2D eigenvalue weighted by atomic mass is 32.1. The predicted octanol–water partition coefficient (Wildman–Crippen LogP) is 2.29. The standard InChI is InChI=1S/C16H18N6OS/c1-2-11(1)18-14-13-15(22(10-17-13)12-3-8-24-9-12)20-16(19-14)21-4-6-23-7-5-21/h3,8-11H,1-2,4-7H2,(H,18,19,20). The summed E-state index contributed by atoms with van der Waals surface area (Å²) in [4.78, 5) is 16.4. The topological polar surface area (TPSA) is 68.1 Å². The van der Waals surface area contributed by atoms with E-state index < -0.39 is 0 Å². The molecule has 0 unspecified atom stereocenters. The van der Waals surface area contributed by atoms with E-state index in [-0.39, 0.29) is 0 Å². The van der Waals surface area contributed by atoms with Gasteiger partial charge >= 0.3 is 0 Å². The number of nitrogens with zero attached hydrogens (tertiary/aromatic N) is 5. The van der Waals surface area contributed by atoms with Gasteiger partial charge in [0.25, 0.3) is 0 Å². The van der Waals surface area contributed by atoms with Crippen LogP contribution in [0, 0.1) is 0 Å². The van der Waals surface area contributed by atoms with Crippen LogP contribution in [0.4, 0.5) is 11.8 Å². The highest BCUT2D eigenvalue weighted by Crippen LogP contribution is 2.30. The quantitative estimate of drug-likeness (QED) is 0.785. The molecular weight excluding hydrogens is 324 g/mol. The molecule has 0 radical (unpaired) electrons. The molecule has 1 aliphatic heterocycles. The average molecular weight is 342 g/mol. The maximum absolute atomic E-state index is 5.45. The first-order valence-corrected chi connectivity index (χ1v) is 9.20. The molecule has 2 fully saturated rings. The number of imidazole rings is 1. The predicted molar refractivity (Wildman–Crippen MR) is 94.2 cm³/mol. The minimum absolute atomic E-state index is 0.520. The summed E-state index contributed by atoms with van der Waals surface area (Å²) in [6.45, 7) is 3.08. The minimum atomic E-state index is 0.520. The van der Waals surface area contributed by atoms with Gasteiger partial charge in [0.15, 0.2) is 17.0 Å². The van der Waals surface area contributed by atoms with Gasteiger partial charge in [0.1, 0.15) is 6.33 Å². The fourth-order valence-corrected chi connectivity index (χ4v) is 3.53. The van der Waals surface area contributed by atoms with Crippen molar-refractivity contribution in [2.75, 3.05) is 36.5 Å². The Hall–Kier alpha value is -2.19. The van der Waals surface area contributed by atoms with Gasteiger partial charge in [-0.15, -0.1) is 0 Å². The number of thiophene rings is 1. The van der Waals surface area contributed by atoms with Crippen molar-refractivity contribution < 1.29 is 4.74 Å². The molecule has 0 amide bonds. The van der Waals surface area contributed by atoms with Gasteiger partial charge in [-0.25, -0.2) is 4.98 Å². The van der Waals surface area contributed by atoms with Gasteiger partial charge in [-0.05, 0) is 24.3 Å². The molecule has 24 heavy (non-hydrogen) atoms. The molecule has 7 nitrogen and oxygen atoms in total. The van der Waals surface area contributed by atoms with Crippen molar-refractivity contribution in [3.05, 3.63) is 23.2 Å². The molecule has 124 valence electrons. The first-order valence-electron chi connectivity index (χ1n) is 8.25. The molecule has 0 atom stereocenters. The van der Waals surface area contributed by atoms with Crippen molar-refractivity contribution in [3.8, 4) is 5.69 Å². The van der Waals surface area contributed by atoms with Crippen LogP contribution in [-0.2, 0) is 4.74 Å². The molecular formula is C16H18N6OS.